The topological polar surface area (TPSA) is 25.3 Å². The van der Waals surface area contributed by atoms with E-state index in [0.717, 1.165) is 60.2 Å². The van der Waals surface area contributed by atoms with Crippen molar-refractivity contribution >= 4 is 11.4 Å². The van der Waals surface area contributed by atoms with Crippen LogP contribution in [0.2, 0.25) is 0 Å². The summed E-state index contributed by atoms with van der Waals surface area (Å²) in [7, 11) is 0. The van der Waals surface area contributed by atoms with Crippen molar-refractivity contribution in [3.8, 4) is 0 Å². The summed E-state index contributed by atoms with van der Waals surface area (Å²) < 4.78 is 1.52. The normalized spacial score (nSPS) is 13.1. The van der Waals surface area contributed by atoms with Crippen LogP contribution in [0.3, 0.4) is 0 Å². The van der Waals surface area contributed by atoms with E-state index in [-0.39, 0.29) is 16.5 Å². The molecule has 1 aliphatic heterocycles. The fourth-order valence-corrected chi connectivity index (χ4v) is 7.19. The van der Waals surface area contributed by atoms with Gasteiger partial charge in [-0.2, -0.15) is 0 Å². The first-order valence-corrected chi connectivity index (χ1v) is 20.9. The quantitative estimate of drug-likeness (QED) is 0.0498. The molecule has 2 nitrogen and oxygen atoms in total. The molecule has 0 atom stereocenters. The predicted octanol–water partition coefficient (Wildman–Crippen LogP) is 15.1. The summed E-state index contributed by atoms with van der Waals surface area (Å²) in [6, 6.07) is 14.2. The van der Waals surface area contributed by atoms with E-state index in [0.29, 0.717) is 0 Å². The molecule has 0 saturated carbocycles. The molecule has 0 aromatic heterocycles. The molecule has 0 bridgehead atoms. The SMILES string of the molecule is CCCCCCCCCCCCCC=CC1=C(c2cc(CCCC)cc(CCCC)c2)[N+](=[N-])C(c2cc(CCCC)cc(CCCC)c2)=C1.[Ni]. The maximum atomic E-state index is 12.1. The van der Waals surface area contributed by atoms with Gasteiger partial charge in [-0.25, -0.2) is 4.70 Å². The van der Waals surface area contributed by atoms with Crippen LogP contribution in [0.5, 0.6) is 0 Å². The van der Waals surface area contributed by atoms with Crippen molar-refractivity contribution in [1.29, 1.82) is 0 Å². The van der Waals surface area contributed by atoms with Crippen molar-refractivity contribution in [3.05, 3.63) is 99.1 Å². The number of allylic oxidation sites excluding steroid dienone is 4. The van der Waals surface area contributed by atoms with Gasteiger partial charge in [0, 0.05) is 33.7 Å². The van der Waals surface area contributed by atoms with Crippen LogP contribution in [0.4, 0.5) is 0 Å². The minimum absolute atomic E-state index is 0. The number of hydrogen-bond donors (Lipinski definition) is 0. The Hall–Kier alpha value is -2.25. The Morgan fingerprint density at radius 2 is 0.860 bits per heavy atom. The van der Waals surface area contributed by atoms with Crippen LogP contribution in [0.15, 0.2) is 60.2 Å². The molecule has 0 amide bonds. The monoisotopic (exact) mass is 723 g/mol. The summed E-state index contributed by atoms with van der Waals surface area (Å²) in [5, 5.41) is 0. The van der Waals surface area contributed by atoms with Gasteiger partial charge in [0.1, 0.15) is 0 Å². The summed E-state index contributed by atoms with van der Waals surface area (Å²) >= 11 is 0. The van der Waals surface area contributed by atoms with E-state index in [1.165, 1.54) is 149 Å². The van der Waals surface area contributed by atoms with Crippen molar-refractivity contribution in [2.45, 2.75) is 189 Å². The minimum Gasteiger partial charge on any atom is -0.493 e. The number of rotatable bonds is 27. The van der Waals surface area contributed by atoms with Crippen LogP contribution in [0, 0.1) is 0 Å². The van der Waals surface area contributed by atoms with Gasteiger partial charge in [0.25, 0.3) is 0 Å². The van der Waals surface area contributed by atoms with E-state index in [9.17, 15) is 5.53 Å². The van der Waals surface area contributed by atoms with Crippen molar-refractivity contribution in [2.75, 3.05) is 0 Å². The van der Waals surface area contributed by atoms with Gasteiger partial charge in [0.2, 0.25) is 11.4 Å². The van der Waals surface area contributed by atoms with Crippen molar-refractivity contribution in [2.24, 2.45) is 0 Å². The molecule has 1 aliphatic rings. The summed E-state index contributed by atoms with van der Waals surface area (Å²) in [4.78, 5) is 0. The summed E-state index contributed by atoms with van der Waals surface area (Å²) in [6.45, 7) is 11.4. The Labute approximate surface area is 319 Å². The minimum atomic E-state index is 0. The molecule has 3 heteroatoms. The van der Waals surface area contributed by atoms with E-state index >= 15 is 0 Å². The second-order valence-corrected chi connectivity index (χ2v) is 14.9. The molecule has 0 fully saturated rings. The summed E-state index contributed by atoms with van der Waals surface area (Å²) in [6.07, 6.45) is 37.0. The van der Waals surface area contributed by atoms with Gasteiger partial charge in [-0.1, -0.05) is 149 Å². The maximum absolute atomic E-state index is 12.1. The molecule has 280 valence electrons. The van der Waals surface area contributed by atoms with Crippen LogP contribution in [0.1, 0.15) is 196 Å². The average Bonchev–Trinajstić information content (AvgIpc) is 3.45. The second kappa shape index (κ2) is 26.5. The zero-order valence-corrected chi connectivity index (χ0v) is 33.9. The number of nitrogens with zero attached hydrogens (tertiary/aromatic N) is 2. The third-order valence-corrected chi connectivity index (χ3v) is 10.2. The van der Waals surface area contributed by atoms with Gasteiger partial charge in [-0.15, -0.1) is 0 Å². The Morgan fingerprint density at radius 3 is 1.28 bits per heavy atom. The summed E-state index contributed by atoms with van der Waals surface area (Å²) in [5.74, 6) is 0. The fraction of sp³-hybridized carbons (Fsp3) is 0.617. The molecule has 0 aliphatic carbocycles. The van der Waals surface area contributed by atoms with Crippen LogP contribution in [-0.4, -0.2) is 4.70 Å². The number of unbranched alkanes of at least 4 members (excludes halogenated alkanes) is 15. The van der Waals surface area contributed by atoms with Crippen molar-refractivity contribution in [3.63, 3.8) is 0 Å². The first-order valence-electron chi connectivity index (χ1n) is 20.9. The Balaban J connectivity index is 0.00000867. The molecule has 50 heavy (non-hydrogen) atoms. The van der Waals surface area contributed by atoms with Crippen molar-refractivity contribution < 1.29 is 21.2 Å². The third-order valence-electron chi connectivity index (χ3n) is 10.2. The van der Waals surface area contributed by atoms with E-state index in [4.69, 9.17) is 0 Å². The van der Waals surface area contributed by atoms with E-state index in [1.807, 2.05) is 0 Å². The summed E-state index contributed by atoms with van der Waals surface area (Å²) in [5.41, 5.74) is 22.9. The van der Waals surface area contributed by atoms with Gasteiger partial charge < -0.3 is 5.53 Å². The largest absolute Gasteiger partial charge is 0.493 e. The zero-order chi connectivity index (χ0) is 35.1. The molecule has 3 rings (SSSR count). The van der Waals surface area contributed by atoms with Gasteiger partial charge in [0.05, 0.1) is 5.57 Å². The molecule has 0 saturated heterocycles. The molecule has 0 radical (unpaired) electrons. The Bertz CT molecular complexity index is 1290. The van der Waals surface area contributed by atoms with Gasteiger partial charge in [-0.3, -0.25) is 0 Å². The number of hydrogen-bond acceptors (Lipinski definition) is 0. The van der Waals surface area contributed by atoms with Gasteiger partial charge in [-0.05, 0) is 111 Å². The number of benzene rings is 2. The molecular weight excluding hydrogens is 651 g/mol. The van der Waals surface area contributed by atoms with Crippen LogP contribution in [0.25, 0.3) is 16.9 Å². The number of aryl methyl sites for hydroxylation is 4. The fourth-order valence-electron chi connectivity index (χ4n) is 7.19. The maximum Gasteiger partial charge on any atom is 0.214 e. The van der Waals surface area contributed by atoms with Crippen LogP contribution < -0.4 is 0 Å². The molecular formula is C47H72N2Ni. The second-order valence-electron chi connectivity index (χ2n) is 14.9. The molecule has 2 aromatic carbocycles. The first kappa shape index (κ1) is 43.9. The van der Waals surface area contributed by atoms with Crippen molar-refractivity contribution in [1.82, 2.24) is 0 Å². The first-order chi connectivity index (χ1) is 24.0. The van der Waals surface area contributed by atoms with E-state index in [1.54, 1.807) is 0 Å². The van der Waals surface area contributed by atoms with Gasteiger partial charge >= 0.3 is 0 Å². The molecule has 0 unspecified atom stereocenters. The average molecular weight is 724 g/mol. The Morgan fingerprint density at radius 1 is 0.480 bits per heavy atom. The zero-order valence-electron chi connectivity index (χ0n) is 32.9. The standard InChI is InChI=1S/C47H72N2.Ni/c1-6-11-16-17-18-19-20-21-22-23-24-25-26-31-43-38-46(44-34-39(27-12-7-2)32-40(35-44)28-13-8-3)49(48)47(43)45-36-41(29-14-9-4)33-42(37-45)30-15-10-5;/h26,31-38H,6-25,27-30H2,1-5H3;. The molecule has 2 aromatic rings. The molecule has 0 spiro atoms. The van der Waals surface area contributed by atoms with Crippen LogP contribution in [-0.2, 0) is 42.2 Å². The predicted molar refractivity (Wildman–Crippen MR) is 216 cm³/mol. The van der Waals surface area contributed by atoms with E-state index in [2.05, 4.69) is 89.2 Å². The van der Waals surface area contributed by atoms with E-state index < -0.39 is 0 Å². The Kier molecular flexibility index (Phi) is 23.3. The van der Waals surface area contributed by atoms with Gasteiger partial charge in [0.15, 0.2) is 0 Å². The molecule has 0 N–H and O–H groups in total. The van der Waals surface area contributed by atoms with Crippen LogP contribution >= 0.6 is 0 Å². The molecule has 1 heterocycles. The smallest absolute Gasteiger partial charge is 0.214 e. The third kappa shape index (κ3) is 15.6.